The first kappa shape index (κ1) is 24.5. The van der Waals surface area contributed by atoms with Gasteiger partial charge < -0.3 is 15.0 Å². The summed E-state index contributed by atoms with van der Waals surface area (Å²) in [5.41, 5.74) is 3.90. The number of fused-ring (bicyclic) bond motifs is 1. The molecule has 1 unspecified atom stereocenters. The Kier molecular flexibility index (Phi) is 6.65. The summed E-state index contributed by atoms with van der Waals surface area (Å²) in [7, 11) is 0. The number of nitrogens with zero attached hydrogens (tertiary/aromatic N) is 4. The van der Waals surface area contributed by atoms with Crippen LogP contribution in [-0.2, 0) is 4.74 Å². The lowest BCUT2D eigenvalue weighted by Crippen LogP contribution is -2.45. The van der Waals surface area contributed by atoms with Gasteiger partial charge in [-0.15, -0.1) is 0 Å². The molecule has 0 spiro atoms. The molecule has 8 heteroatoms. The van der Waals surface area contributed by atoms with Gasteiger partial charge in [0.2, 0.25) is 0 Å². The van der Waals surface area contributed by atoms with Crippen LogP contribution in [-0.4, -0.2) is 56.2 Å². The van der Waals surface area contributed by atoms with Crippen LogP contribution in [0.1, 0.15) is 44.1 Å². The Morgan fingerprint density at radius 1 is 1.00 bits per heavy atom. The number of aromatic nitrogens is 3. The van der Waals surface area contributed by atoms with Crippen LogP contribution in [0.5, 0.6) is 0 Å². The average molecular weight is 498 g/mol. The first-order valence-corrected chi connectivity index (χ1v) is 12.6. The lowest BCUT2D eigenvalue weighted by molar-refractivity contribution is 0.0225. The number of nitrogens with one attached hydrogen (secondary N) is 1. The van der Waals surface area contributed by atoms with Crippen LogP contribution < -0.4 is 5.32 Å². The fourth-order valence-electron chi connectivity index (χ4n) is 4.57. The third-order valence-electron chi connectivity index (χ3n) is 6.30. The highest BCUT2D eigenvalue weighted by molar-refractivity contribution is 5.93. The average Bonchev–Trinajstić information content (AvgIpc) is 3.54. The summed E-state index contributed by atoms with van der Waals surface area (Å²) in [5.74, 6) is -0.304. The summed E-state index contributed by atoms with van der Waals surface area (Å²) in [6.07, 6.45) is 1.34. The third-order valence-corrected chi connectivity index (χ3v) is 6.30. The quantitative estimate of drug-likeness (QED) is 0.410. The number of hydrogen-bond donors (Lipinski definition) is 1. The Hall–Kier alpha value is -4.20. The predicted octanol–water partition coefficient (Wildman–Crippen LogP) is 5.19. The molecule has 190 valence electrons. The molecule has 1 aliphatic rings. The van der Waals surface area contributed by atoms with Crippen LogP contribution >= 0.6 is 0 Å². The van der Waals surface area contributed by atoms with Gasteiger partial charge in [0.25, 0.3) is 5.91 Å². The molecular formula is C29H31N5O3. The van der Waals surface area contributed by atoms with Crippen LogP contribution in [0.25, 0.3) is 28.2 Å². The topological polar surface area (TPSA) is 88.8 Å². The zero-order chi connectivity index (χ0) is 26.0. The SMILES string of the molecule is CC(C)(C)OC(=O)N1CCCC1CNC(=O)c1cc2nc(-c3ccccc3)cc(-c3ccccc3)n2n1. The zero-order valence-corrected chi connectivity index (χ0v) is 21.3. The number of ether oxygens (including phenoxy) is 1. The molecule has 37 heavy (non-hydrogen) atoms. The van der Waals surface area contributed by atoms with Gasteiger partial charge in [-0.2, -0.15) is 5.10 Å². The van der Waals surface area contributed by atoms with Crippen molar-refractivity contribution in [1.29, 1.82) is 0 Å². The summed E-state index contributed by atoms with van der Waals surface area (Å²) in [4.78, 5) is 32.2. The number of likely N-dealkylation sites (tertiary alicyclic amines) is 1. The second-order valence-electron chi connectivity index (χ2n) is 10.2. The molecule has 2 aromatic carbocycles. The van der Waals surface area contributed by atoms with Crippen molar-refractivity contribution in [3.8, 4) is 22.5 Å². The van der Waals surface area contributed by atoms with Gasteiger partial charge in [-0.1, -0.05) is 60.7 Å². The molecule has 1 N–H and O–H groups in total. The molecule has 1 aliphatic heterocycles. The maximum Gasteiger partial charge on any atom is 0.410 e. The number of hydrogen-bond acceptors (Lipinski definition) is 5. The number of carbonyl (C=O) groups excluding carboxylic acids is 2. The van der Waals surface area contributed by atoms with Crippen molar-refractivity contribution in [2.75, 3.05) is 13.1 Å². The Bertz CT molecular complexity index is 1410. The van der Waals surface area contributed by atoms with Gasteiger partial charge in [-0.3, -0.25) is 4.79 Å². The summed E-state index contributed by atoms with van der Waals surface area (Å²) in [6.45, 7) is 6.50. The number of carbonyl (C=O) groups is 2. The van der Waals surface area contributed by atoms with E-state index < -0.39 is 5.60 Å². The third kappa shape index (κ3) is 5.48. The van der Waals surface area contributed by atoms with Gasteiger partial charge in [0.1, 0.15) is 5.60 Å². The van der Waals surface area contributed by atoms with Gasteiger partial charge in [-0.25, -0.2) is 14.3 Å². The summed E-state index contributed by atoms with van der Waals surface area (Å²) >= 11 is 0. The van der Waals surface area contributed by atoms with E-state index in [0.29, 0.717) is 18.7 Å². The van der Waals surface area contributed by atoms with Crippen LogP contribution in [0.4, 0.5) is 4.79 Å². The number of amides is 2. The lowest BCUT2D eigenvalue weighted by atomic mass is 10.1. The minimum Gasteiger partial charge on any atom is -0.444 e. The summed E-state index contributed by atoms with van der Waals surface area (Å²) < 4.78 is 7.24. The molecule has 1 atom stereocenters. The van der Waals surface area contributed by atoms with Crippen LogP contribution in [0.3, 0.4) is 0 Å². The zero-order valence-electron chi connectivity index (χ0n) is 21.3. The molecular weight excluding hydrogens is 466 g/mol. The fourth-order valence-corrected chi connectivity index (χ4v) is 4.57. The minimum absolute atomic E-state index is 0.112. The van der Waals surface area contributed by atoms with Gasteiger partial charge in [-0.05, 0) is 39.7 Å². The highest BCUT2D eigenvalue weighted by Gasteiger charge is 2.32. The van der Waals surface area contributed by atoms with Crippen LogP contribution in [0.15, 0.2) is 72.8 Å². The molecule has 0 radical (unpaired) electrons. The van der Waals surface area contributed by atoms with Gasteiger partial charge in [0, 0.05) is 30.3 Å². The highest BCUT2D eigenvalue weighted by atomic mass is 16.6. The summed E-state index contributed by atoms with van der Waals surface area (Å²) in [5, 5.41) is 7.57. The number of rotatable bonds is 5. The van der Waals surface area contributed by atoms with E-state index in [1.807, 2.05) is 87.5 Å². The molecule has 0 saturated carbocycles. The van der Waals surface area contributed by atoms with Crippen molar-refractivity contribution >= 4 is 17.6 Å². The van der Waals surface area contributed by atoms with Gasteiger partial charge >= 0.3 is 6.09 Å². The molecule has 0 bridgehead atoms. The lowest BCUT2D eigenvalue weighted by Gasteiger charge is -2.28. The van der Waals surface area contributed by atoms with E-state index in [1.165, 1.54) is 0 Å². The van der Waals surface area contributed by atoms with Crippen LogP contribution in [0, 0.1) is 0 Å². The molecule has 1 saturated heterocycles. The van der Waals surface area contributed by atoms with Gasteiger partial charge in [0.05, 0.1) is 17.4 Å². The molecule has 3 heterocycles. The molecule has 2 amide bonds. The van der Waals surface area contributed by atoms with Crippen molar-refractivity contribution in [2.45, 2.75) is 45.3 Å². The van der Waals surface area contributed by atoms with E-state index in [9.17, 15) is 9.59 Å². The first-order valence-electron chi connectivity index (χ1n) is 12.6. The molecule has 2 aromatic heterocycles. The summed E-state index contributed by atoms with van der Waals surface area (Å²) in [6, 6.07) is 23.4. The smallest absolute Gasteiger partial charge is 0.410 e. The largest absolute Gasteiger partial charge is 0.444 e. The van der Waals surface area contributed by atoms with Gasteiger partial charge in [0.15, 0.2) is 11.3 Å². The van der Waals surface area contributed by atoms with Crippen molar-refractivity contribution < 1.29 is 14.3 Å². The Morgan fingerprint density at radius 2 is 1.68 bits per heavy atom. The minimum atomic E-state index is -0.563. The maximum absolute atomic E-state index is 13.1. The molecule has 1 fully saturated rings. The second kappa shape index (κ2) is 10.0. The molecule has 5 rings (SSSR count). The normalized spacial score (nSPS) is 15.6. The van der Waals surface area contributed by atoms with Crippen molar-refractivity contribution in [3.63, 3.8) is 0 Å². The van der Waals surface area contributed by atoms with E-state index in [-0.39, 0.29) is 23.7 Å². The van der Waals surface area contributed by atoms with E-state index in [1.54, 1.807) is 15.5 Å². The Labute approximate surface area is 216 Å². The molecule has 8 nitrogen and oxygen atoms in total. The van der Waals surface area contributed by atoms with E-state index >= 15 is 0 Å². The van der Waals surface area contributed by atoms with Crippen molar-refractivity contribution in [3.05, 3.63) is 78.5 Å². The van der Waals surface area contributed by atoms with E-state index in [0.717, 1.165) is 35.4 Å². The number of benzene rings is 2. The van der Waals surface area contributed by atoms with E-state index in [4.69, 9.17) is 9.72 Å². The monoisotopic (exact) mass is 497 g/mol. The molecule has 0 aliphatic carbocycles. The first-order chi connectivity index (χ1) is 17.8. The Morgan fingerprint density at radius 3 is 2.35 bits per heavy atom. The van der Waals surface area contributed by atoms with Crippen molar-refractivity contribution in [2.24, 2.45) is 0 Å². The Balaban J connectivity index is 1.40. The van der Waals surface area contributed by atoms with Crippen LogP contribution in [0.2, 0.25) is 0 Å². The van der Waals surface area contributed by atoms with Crippen molar-refractivity contribution in [1.82, 2.24) is 24.8 Å². The second-order valence-corrected chi connectivity index (χ2v) is 10.2. The fraction of sp³-hybridized carbons (Fsp3) is 0.310. The standard InChI is InChI=1S/C29H31N5O3/c1-29(2,3)37-28(36)33-16-10-15-22(33)19-30-27(35)24-18-26-31-23(20-11-6-4-7-12-20)17-25(34(26)32-24)21-13-8-5-9-14-21/h4-9,11-14,17-18,22H,10,15-16,19H2,1-3H3,(H,30,35). The highest BCUT2D eigenvalue weighted by Crippen LogP contribution is 2.27. The van der Waals surface area contributed by atoms with E-state index in [2.05, 4.69) is 10.4 Å². The maximum atomic E-state index is 13.1. The molecule has 4 aromatic rings. The predicted molar refractivity (Wildman–Crippen MR) is 142 cm³/mol.